The van der Waals surface area contributed by atoms with Crippen molar-refractivity contribution in [3.05, 3.63) is 72.6 Å². The third-order valence-electron chi connectivity index (χ3n) is 3.39. The van der Waals surface area contributed by atoms with Gasteiger partial charge in [-0.05, 0) is 30.3 Å². The first kappa shape index (κ1) is 15.0. The average molecular weight is 312 g/mol. The summed E-state index contributed by atoms with van der Waals surface area (Å²) in [6, 6.07) is 12.8. The Bertz CT molecular complexity index is 823. The van der Waals surface area contributed by atoms with Crippen LogP contribution in [0.15, 0.2) is 60.9 Å². The van der Waals surface area contributed by atoms with E-state index in [2.05, 4.69) is 10.3 Å². The van der Waals surface area contributed by atoms with Crippen LogP contribution in [0.4, 0.5) is 14.5 Å². The molecule has 0 spiro atoms. The first-order chi connectivity index (χ1) is 11.2. The summed E-state index contributed by atoms with van der Waals surface area (Å²) in [4.78, 5) is 3.99. The van der Waals surface area contributed by atoms with E-state index in [0.717, 1.165) is 0 Å². The Morgan fingerprint density at radius 1 is 0.957 bits per heavy atom. The number of aromatic nitrogens is 1. The zero-order chi connectivity index (χ0) is 16.2. The molecule has 116 valence electrons. The van der Waals surface area contributed by atoms with Gasteiger partial charge in [0.05, 0.1) is 11.9 Å². The first-order valence-corrected chi connectivity index (χ1v) is 7.03. The van der Waals surface area contributed by atoms with Gasteiger partial charge in [0, 0.05) is 24.4 Å². The number of rotatable bonds is 4. The van der Waals surface area contributed by atoms with Gasteiger partial charge in [-0.3, -0.25) is 4.98 Å². The molecular formula is C18H14F2N2O. The molecule has 0 saturated carbocycles. The van der Waals surface area contributed by atoms with E-state index in [1.54, 1.807) is 55.8 Å². The van der Waals surface area contributed by atoms with Crippen LogP contribution in [0.2, 0.25) is 0 Å². The number of ether oxygens (including phenoxy) is 1. The van der Waals surface area contributed by atoms with Crippen LogP contribution in [0.3, 0.4) is 0 Å². The maximum absolute atomic E-state index is 14.8. The van der Waals surface area contributed by atoms with Gasteiger partial charge >= 0.3 is 0 Å². The van der Waals surface area contributed by atoms with Gasteiger partial charge in [0.1, 0.15) is 5.75 Å². The second-order valence-corrected chi connectivity index (χ2v) is 4.82. The average Bonchev–Trinajstić information content (AvgIpc) is 2.60. The number of halogens is 2. The highest BCUT2D eigenvalue weighted by atomic mass is 19.1. The monoisotopic (exact) mass is 312 g/mol. The van der Waals surface area contributed by atoms with Crippen molar-refractivity contribution in [2.24, 2.45) is 0 Å². The zero-order valence-corrected chi connectivity index (χ0v) is 12.4. The number of anilines is 1. The summed E-state index contributed by atoms with van der Waals surface area (Å²) in [6.45, 7) is 0. The van der Waals surface area contributed by atoms with Crippen molar-refractivity contribution in [2.45, 2.75) is 0 Å². The molecular weight excluding hydrogens is 298 g/mol. The Kier molecular flexibility index (Phi) is 4.19. The largest absolute Gasteiger partial charge is 0.451 e. The molecule has 23 heavy (non-hydrogen) atoms. The number of pyridine rings is 1. The van der Waals surface area contributed by atoms with Gasteiger partial charge in [-0.25, -0.2) is 8.78 Å². The molecule has 0 fully saturated rings. The van der Waals surface area contributed by atoms with Gasteiger partial charge in [0.15, 0.2) is 17.4 Å². The van der Waals surface area contributed by atoms with Crippen LogP contribution in [0.5, 0.6) is 11.5 Å². The molecule has 0 amide bonds. The Hall–Kier alpha value is -2.95. The predicted octanol–water partition coefficient (Wildman–Crippen LogP) is 4.86. The number of hydrogen-bond donors (Lipinski definition) is 1. The fourth-order valence-electron chi connectivity index (χ4n) is 2.27. The van der Waals surface area contributed by atoms with Crippen molar-refractivity contribution in [1.82, 2.24) is 4.98 Å². The van der Waals surface area contributed by atoms with Crippen molar-refractivity contribution in [3.63, 3.8) is 0 Å². The number of benzene rings is 2. The highest BCUT2D eigenvalue weighted by Crippen LogP contribution is 2.36. The van der Waals surface area contributed by atoms with E-state index in [1.165, 1.54) is 12.1 Å². The van der Waals surface area contributed by atoms with Crippen LogP contribution in [0, 0.1) is 11.6 Å². The van der Waals surface area contributed by atoms with Gasteiger partial charge in [-0.15, -0.1) is 0 Å². The standard InChI is InChI=1S/C18H14F2N2O/c1-21-16-11-22-10-9-13(16)14-7-8-15(19)18(17(14)20)23-12-5-3-2-4-6-12/h2-11,21H,1H3. The molecule has 0 bridgehead atoms. The molecule has 1 heterocycles. The lowest BCUT2D eigenvalue weighted by Gasteiger charge is -2.13. The van der Waals surface area contributed by atoms with Crippen LogP contribution in [-0.2, 0) is 0 Å². The number of hydrogen-bond acceptors (Lipinski definition) is 3. The minimum absolute atomic E-state index is 0.240. The summed E-state index contributed by atoms with van der Waals surface area (Å²) < 4.78 is 34.2. The van der Waals surface area contributed by atoms with Gasteiger partial charge in [-0.1, -0.05) is 18.2 Å². The molecule has 3 nitrogen and oxygen atoms in total. The van der Waals surface area contributed by atoms with Gasteiger partial charge in [0.25, 0.3) is 0 Å². The summed E-state index contributed by atoms with van der Waals surface area (Å²) in [5.74, 6) is -1.56. The molecule has 1 N–H and O–H groups in total. The van der Waals surface area contributed by atoms with E-state index in [9.17, 15) is 8.78 Å². The van der Waals surface area contributed by atoms with E-state index in [4.69, 9.17) is 4.74 Å². The maximum atomic E-state index is 14.8. The fourth-order valence-corrected chi connectivity index (χ4v) is 2.27. The molecule has 0 aliphatic rings. The molecule has 5 heteroatoms. The van der Waals surface area contributed by atoms with E-state index in [0.29, 0.717) is 17.0 Å². The first-order valence-electron chi connectivity index (χ1n) is 7.03. The smallest absolute Gasteiger partial charge is 0.199 e. The van der Waals surface area contributed by atoms with E-state index in [-0.39, 0.29) is 5.56 Å². The van der Waals surface area contributed by atoms with Gasteiger partial charge in [-0.2, -0.15) is 0 Å². The second kappa shape index (κ2) is 6.44. The van der Waals surface area contributed by atoms with Gasteiger partial charge < -0.3 is 10.1 Å². The summed E-state index contributed by atoms with van der Waals surface area (Å²) in [7, 11) is 1.71. The maximum Gasteiger partial charge on any atom is 0.199 e. The minimum atomic E-state index is -0.754. The predicted molar refractivity (Wildman–Crippen MR) is 85.7 cm³/mol. The molecule has 0 saturated heterocycles. The van der Waals surface area contributed by atoms with Crippen molar-refractivity contribution in [2.75, 3.05) is 12.4 Å². The Balaban J connectivity index is 2.09. The summed E-state index contributed by atoms with van der Waals surface area (Å²) >= 11 is 0. The summed E-state index contributed by atoms with van der Waals surface area (Å²) in [6.07, 6.45) is 3.13. The lowest BCUT2D eigenvalue weighted by molar-refractivity contribution is 0.408. The molecule has 0 atom stereocenters. The normalized spacial score (nSPS) is 10.4. The highest BCUT2D eigenvalue weighted by molar-refractivity contribution is 5.78. The van der Waals surface area contributed by atoms with Gasteiger partial charge in [0.2, 0.25) is 0 Å². The summed E-state index contributed by atoms with van der Waals surface area (Å²) in [5.41, 5.74) is 1.46. The number of para-hydroxylation sites is 1. The van der Waals surface area contributed by atoms with Crippen LogP contribution in [0.1, 0.15) is 0 Å². The SMILES string of the molecule is CNc1cnccc1-c1ccc(F)c(Oc2ccccc2)c1F. The van der Waals surface area contributed by atoms with Crippen molar-refractivity contribution < 1.29 is 13.5 Å². The zero-order valence-electron chi connectivity index (χ0n) is 12.4. The van der Waals surface area contributed by atoms with E-state index < -0.39 is 17.4 Å². The lowest BCUT2D eigenvalue weighted by atomic mass is 10.0. The fraction of sp³-hybridized carbons (Fsp3) is 0.0556. The molecule has 0 unspecified atom stereocenters. The van der Waals surface area contributed by atoms with Crippen LogP contribution < -0.4 is 10.1 Å². The second-order valence-electron chi connectivity index (χ2n) is 4.82. The minimum Gasteiger partial charge on any atom is -0.451 e. The Morgan fingerprint density at radius 3 is 2.48 bits per heavy atom. The van der Waals surface area contributed by atoms with Crippen molar-refractivity contribution >= 4 is 5.69 Å². The van der Waals surface area contributed by atoms with E-state index in [1.807, 2.05) is 0 Å². The number of nitrogens with one attached hydrogen (secondary N) is 1. The molecule has 0 aliphatic heterocycles. The molecule has 0 aliphatic carbocycles. The molecule has 0 radical (unpaired) electrons. The third-order valence-corrected chi connectivity index (χ3v) is 3.39. The topological polar surface area (TPSA) is 34.2 Å². The third kappa shape index (κ3) is 2.99. The lowest BCUT2D eigenvalue weighted by Crippen LogP contribution is -1.98. The quantitative estimate of drug-likeness (QED) is 0.747. The molecule has 3 aromatic rings. The highest BCUT2D eigenvalue weighted by Gasteiger charge is 2.18. The van der Waals surface area contributed by atoms with Crippen molar-refractivity contribution in [1.29, 1.82) is 0 Å². The van der Waals surface area contributed by atoms with Crippen LogP contribution in [0.25, 0.3) is 11.1 Å². The summed E-state index contributed by atoms with van der Waals surface area (Å²) in [5, 5.41) is 2.94. The van der Waals surface area contributed by atoms with Crippen molar-refractivity contribution in [3.8, 4) is 22.6 Å². The van der Waals surface area contributed by atoms with E-state index >= 15 is 0 Å². The number of nitrogens with zero attached hydrogens (tertiary/aromatic N) is 1. The molecule has 3 rings (SSSR count). The van der Waals surface area contributed by atoms with Crippen LogP contribution >= 0.6 is 0 Å². The molecule has 1 aromatic heterocycles. The Morgan fingerprint density at radius 2 is 1.74 bits per heavy atom. The Labute approximate surface area is 132 Å². The molecule has 2 aromatic carbocycles. The van der Waals surface area contributed by atoms with Crippen LogP contribution in [-0.4, -0.2) is 12.0 Å².